The molecule has 7 heteroatoms. The average Bonchev–Trinajstić information content (AvgIpc) is 3.17. The van der Waals surface area contributed by atoms with Crippen molar-refractivity contribution in [3.8, 4) is 0 Å². The van der Waals surface area contributed by atoms with Gasteiger partial charge in [0.15, 0.2) is 5.96 Å². The monoisotopic (exact) mass is 514 g/mol. The quantitative estimate of drug-likeness (QED) is 0.322. The second kappa shape index (κ2) is 12.1. The number of likely N-dealkylation sites (N-methyl/N-ethyl adjacent to an activating group) is 1. The third-order valence-corrected chi connectivity index (χ3v) is 5.30. The first-order chi connectivity index (χ1) is 12.9. The smallest absolute Gasteiger partial charge is 0.243 e. The molecule has 0 unspecified atom stereocenters. The van der Waals surface area contributed by atoms with E-state index in [4.69, 9.17) is 0 Å². The molecule has 5 nitrogen and oxygen atoms in total. The topological polar surface area (TPSA) is 56.7 Å². The van der Waals surface area contributed by atoms with Gasteiger partial charge >= 0.3 is 0 Å². The Balaban J connectivity index is 0.00000392. The average molecular weight is 514 g/mol. The van der Waals surface area contributed by atoms with Crippen molar-refractivity contribution < 1.29 is 4.79 Å². The zero-order valence-corrected chi connectivity index (χ0v) is 20.2. The van der Waals surface area contributed by atoms with Gasteiger partial charge in [-0.1, -0.05) is 50.2 Å². The Morgan fingerprint density at radius 2 is 1.82 bits per heavy atom. The summed E-state index contributed by atoms with van der Waals surface area (Å²) in [4.78, 5) is 19.2. The van der Waals surface area contributed by atoms with Crippen molar-refractivity contribution in [3.05, 3.63) is 58.3 Å². The molecule has 0 aliphatic carbocycles. The zero-order chi connectivity index (χ0) is 19.7. The summed E-state index contributed by atoms with van der Waals surface area (Å²) in [7, 11) is 3.49. The van der Waals surface area contributed by atoms with E-state index in [9.17, 15) is 4.79 Å². The van der Waals surface area contributed by atoms with Crippen LogP contribution in [-0.2, 0) is 16.6 Å². The Morgan fingerprint density at radius 3 is 2.43 bits per heavy atom. The maximum atomic E-state index is 11.9. The summed E-state index contributed by atoms with van der Waals surface area (Å²) in [6, 6.07) is 14.6. The van der Waals surface area contributed by atoms with Gasteiger partial charge in [-0.05, 0) is 23.4 Å². The lowest BCUT2D eigenvalue weighted by atomic mass is 9.85. The number of carbonyl (C=O) groups is 1. The van der Waals surface area contributed by atoms with Crippen LogP contribution in [0.15, 0.2) is 52.8 Å². The van der Waals surface area contributed by atoms with Gasteiger partial charge < -0.3 is 15.5 Å². The molecule has 0 bridgehead atoms. The van der Waals surface area contributed by atoms with Crippen LogP contribution in [0.1, 0.15) is 24.3 Å². The van der Waals surface area contributed by atoms with E-state index >= 15 is 0 Å². The highest BCUT2D eigenvalue weighted by Crippen LogP contribution is 2.21. The standard InChI is InChI=1S/C21H30N4OS.HI/c1-21(2,17-9-6-5-7-10-17)16-24-20(23-15-19(26)25(3)4)22-13-12-18-11-8-14-27-18;/h5-11,14H,12-13,15-16H2,1-4H3,(H2,22,23,24);1H. The molecular formula is C21H31IN4OS. The summed E-state index contributed by atoms with van der Waals surface area (Å²) in [5.41, 5.74) is 1.21. The maximum absolute atomic E-state index is 11.9. The molecule has 0 aliphatic rings. The molecular weight excluding hydrogens is 483 g/mol. The van der Waals surface area contributed by atoms with Crippen LogP contribution >= 0.6 is 35.3 Å². The minimum atomic E-state index is -0.0526. The molecule has 28 heavy (non-hydrogen) atoms. The largest absolute Gasteiger partial charge is 0.356 e. The van der Waals surface area contributed by atoms with E-state index in [2.05, 4.69) is 71.3 Å². The van der Waals surface area contributed by atoms with Crippen LogP contribution in [0.3, 0.4) is 0 Å². The Labute approximate surface area is 189 Å². The van der Waals surface area contributed by atoms with Crippen molar-refractivity contribution in [2.24, 2.45) is 4.99 Å². The SMILES string of the molecule is CN(C)C(=O)CN=C(NCCc1cccs1)NCC(C)(C)c1ccccc1.I. The number of carbonyl (C=O) groups excluding carboxylic acids is 1. The van der Waals surface area contributed by atoms with Crippen molar-refractivity contribution in [3.63, 3.8) is 0 Å². The fourth-order valence-corrected chi connectivity index (χ4v) is 3.23. The van der Waals surface area contributed by atoms with Gasteiger partial charge in [0.05, 0.1) is 0 Å². The fourth-order valence-electron chi connectivity index (χ4n) is 2.52. The highest BCUT2D eigenvalue weighted by atomic mass is 127. The van der Waals surface area contributed by atoms with E-state index < -0.39 is 0 Å². The van der Waals surface area contributed by atoms with Gasteiger partial charge in [-0.15, -0.1) is 35.3 Å². The number of nitrogens with zero attached hydrogens (tertiary/aromatic N) is 2. The lowest BCUT2D eigenvalue weighted by Gasteiger charge is -2.27. The summed E-state index contributed by atoms with van der Waals surface area (Å²) in [5.74, 6) is 0.655. The van der Waals surface area contributed by atoms with E-state index in [1.807, 2.05) is 6.07 Å². The van der Waals surface area contributed by atoms with Crippen LogP contribution in [0, 0.1) is 0 Å². The number of halogens is 1. The number of rotatable bonds is 8. The molecule has 1 heterocycles. The number of hydrogen-bond donors (Lipinski definition) is 2. The number of amides is 1. The molecule has 0 fully saturated rings. The second-order valence-electron chi connectivity index (χ2n) is 7.31. The molecule has 2 rings (SSSR count). The summed E-state index contributed by atoms with van der Waals surface area (Å²) in [6.45, 7) is 6.02. The molecule has 0 radical (unpaired) electrons. The first kappa shape index (κ1) is 24.4. The first-order valence-electron chi connectivity index (χ1n) is 9.19. The molecule has 1 amide bonds. The van der Waals surface area contributed by atoms with Crippen LogP contribution in [0.4, 0.5) is 0 Å². The summed E-state index contributed by atoms with van der Waals surface area (Å²) in [6.07, 6.45) is 0.933. The normalized spacial score (nSPS) is 11.5. The molecule has 0 atom stereocenters. The molecule has 1 aromatic carbocycles. The van der Waals surface area contributed by atoms with Gasteiger partial charge in [0.25, 0.3) is 0 Å². The first-order valence-corrected chi connectivity index (χ1v) is 10.1. The number of hydrogen-bond acceptors (Lipinski definition) is 3. The van der Waals surface area contributed by atoms with Crippen LogP contribution in [0.25, 0.3) is 0 Å². The van der Waals surface area contributed by atoms with Gasteiger partial charge in [-0.3, -0.25) is 4.79 Å². The lowest BCUT2D eigenvalue weighted by molar-refractivity contribution is -0.127. The van der Waals surface area contributed by atoms with Gasteiger partial charge in [0.2, 0.25) is 5.91 Å². The minimum Gasteiger partial charge on any atom is -0.356 e. The number of benzene rings is 1. The van der Waals surface area contributed by atoms with Crippen LogP contribution in [0.2, 0.25) is 0 Å². The van der Waals surface area contributed by atoms with E-state index in [1.54, 1.807) is 30.3 Å². The predicted molar refractivity (Wildman–Crippen MR) is 130 cm³/mol. The summed E-state index contributed by atoms with van der Waals surface area (Å²) < 4.78 is 0. The highest BCUT2D eigenvalue weighted by molar-refractivity contribution is 14.0. The van der Waals surface area contributed by atoms with E-state index in [-0.39, 0.29) is 41.8 Å². The number of guanidine groups is 1. The minimum absolute atomic E-state index is 0. The van der Waals surface area contributed by atoms with Gasteiger partial charge in [0.1, 0.15) is 6.54 Å². The van der Waals surface area contributed by atoms with Crippen molar-refractivity contribution in [1.29, 1.82) is 0 Å². The molecule has 0 saturated heterocycles. The van der Waals surface area contributed by atoms with Gasteiger partial charge in [-0.2, -0.15) is 0 Å². The molecule has 0 aliphatic heterocycles. The van der Waals surface area contributed by atoms with E-state index in [0.717, 1.165) is 19.5 Å². The number of aliphatic imine (C=N–C) groups is 1. The zero-order valence-electron chi connectivity index (χ0n) is 17.1. The van der Waals surface area contributed by atoms with Crippen molar-refractivity contribution in [1.82, 2.24) is 15.5 Å². The second-order valence-corrected chi connectivity index (χ2v) is 8.34. The molecule has 1 aromatic heterocycles. The number of nitrogens with one attached hydrogen (secondary N) is 2. The molecule has 2 aromatic rings. The Kier molecular flexibility index (Phi) is 10.5. The fraction of sp³-hybridized carbons (Fsp3) is 0.429. The third-order valence-electron chi connectivity index (χ3n) is 4.37. The van der Waals surface area contributed by atoms with Crippen molar-refractivity contribution in [2.75, 3.05) is 33.7 Å². The van der Waals surface area contributed by atoms with Crippen LogP contribution in [0.5, 0.6) is 0 Å². The molecule has 2 N–H and O–H groups in total. The number of thiophene rings is 1. The van der Waals surface area contributed by atoms with Crippen molar-refractivity contribution in [2.45, 2.75) is 25.7 Å². The van der Waals surface area contributed by atoms with Crippen LogP contribution < -0.4 is 10.6 Å². The highest BCUT2D eigenvalue weighted by Gasteiger charge is 2.20. The maximum Gasteiger partial charge on any atom is 0.243 e. The predicted octanol–water partition coefficient (Wildman–Crippen LogP) is 3.51. The Hall–Kier alpha value is -1.61. The Bertz CT molecular complexity index is 730. The van der Waals surface area contributed by atoms with E-state index in [0.29, 0.717) is 5.96 Å². The molecule has 0 saturated carbocycles. The Morgan fingerprint density at radius 1 is 1.11 bits per heavy atom. The third kappa shape index (κ3) is 8.18. The lowest BCUT2D eigenvalue weighted by Crippen LogP contribution is -2.44. The van der Waals surface area contributed by atoms with Gasteiger partial charge in [0, 0.05) is 37.5 Å². The molecule has 0 spiro atoms. The van der Waals surface area contributed by atoms with E-state index in [1.165, 1.54) is 10.4 Å². The summed E-state index contributed by atoms with van der Waals surface area (Å²) >= 11 is 1.75. The van der Waals surface area contributed by atoms with Gasteiger partial charge in [-0.25, -0.2) is 4.99 Å². The van der Waals surface area contributed by atoms with Crippen molar-refractivity contribution >= 4 is 47.2 Å². The van der Waals surface area contributed by atoms with Crippen LogP contribution in [-0.4, -0.2) is 50.5 Å². The summed E-state index contributed by atoms with van der Waals surface area (Å²) in [5, 5.41) is 8.84. The molecule has 154 valence electrons.